The van der Waals surface area contributed by atoms with E-state index in [1.807, 2.05) is 18.2 Å². The predicted molar refractivity (Wildman–Crippen MR) is 67.4 cm³/mol. The summed E-state index contributed by atoms with van der Waals surface area (Å²) in [5, 5.41) is 4.16. The van der Waals surface area contributed by atoms with E-state index in [1.54, 1.807) is 11.3 Å². The van der Waals surface area contributed by atoms with Crippen molar-refractivity contribution < 1.29 is 0 Å². The van der Waals surface area contributed by atoms with Gasteiger partial charge in [0.2, 0.25) is 0 Å². The molecule has 16 heavy (non-hydrogen) atoms. The SMILES string of the molecule is N[C@H]1C[C@](N)(Nc2nc3ccccc3s2)C1. The number of nitrogens with one attached hydrogen (secondary N) is 1. The lowest BCUT2D eigenvalue weighted by Gasteiger charge is -2.43. The standard InChI is InChI=1S/C11H14N4S/c12-7-5-11(13,6-7)15-10-14-8-3-1-2-4-9(8)16-10/h1-4,7H,5-6,12-13H2,(H,14,15)/t7-,11-. The second kappa shape index (κ2) is 3.41. The summed E-state index contributed by atoms with van der Waals surface area (Å²) in [7, 11) is 0. The van der Waals surface area contributed by atoms with Crippen LogP contribution in [-0.4, -0.2) is 16.7 Å². The summed E-state index contributed by atoms with van der Waals surface area (Å²) in [5.74, 6) is 0. The highest BCUT2D eigenvalue weighted by Crippen LogP contribution is 2.33. The number of nitrogens with zero attached hydrogens (tertiary/aromatic N) is 1. The topological polar surface area (TPSA) is 77.0 Å². The van der Waals surface area contributed by atoms with Crippen LogP contribution in [0.4, 0.5) is 5.13 Å². The van der Waals surface area contributed by atoms with Gasteiger partial charge in [-0.3, -0.25) is 0 Å². The molecule has 0 bridgehead atoms. The normalized spacial score (nSPS) is 29.0. The van der Waals surface area contributed by atoms with Crippen molar-refractivity contribution in [2.75, 3.05) is 5.32 Å². The van der Waals surface area contributed by atoms with Gasteiger partial charge in [0.15, 0.2) is 5.13 Å². The third-order valence-corrected chi connectivity index (χ3v) is 3.85. The highest BCUT2D eigenvalue weighted by molar-refractivity contribution is 7.22. The quantitative estimate of drug-likeness (QED) is 0.688. The summed E-state index contributed by atoms with van der Waals surface area (Å²) in [6, 6.07) is 8.30. The molecule has 4 nitrogen and oxygen atoms in total. The van der Waals surface area contributed by atoms with Crippen molar-refractivity contribution in [1.29, 1.82) is 0 Å². The van der Waals surface area contributed by atoms with Gasteiger partial charge in [-0.25, -0.2) is 4.98 Å². The van der Waals surface area contributed by atoms with E-state index in [0.717, 1.165) is 23.5 Å². The molecular formula is C11H14N4S. The molecule has 0 amide bonds. The van der Waals surface area contributed by atoms with Crippen LogP contribution in [0, 0.1) is 0 Å². The van der Waals surface area contributed by atoms with Crippen molar-refractivity contribution in [2.45, 2.75) is 24.5 Å². The predicted octanol–water partition coefficient (Wildman–Crippen LogP) is 1.48. The molecule has 2 aromatic rings. The maximum absolute atomic E-state index is 6.12. The number of hydrogen-bond donors (Lipinski definition) is 3. The summed E-state index contributed by atoms with van der Waals surface area (Å²) in [4.78, 5) is 4.49. The summed E-state index contributed by atoms with van der Waals surface area (Å²) in [6.45, 7) is 0. The molecule has 1 fully saturated rings. The summed E-state index contributed by atoms with van der Waals surface area (Å²) in [6.07, 6.45) is 1.62. The Morgan fingerprint density at radius 1 is 1.38 bits per heavy atom. The number of hydrogen-bond acceptors (Lipinski definition) is 5. The van der Waals surface area contributed by atoms with Crippen molar-refractivity contribution in [2.24, 2.45) is 11.5 Å². The molecule has 0 unspecified atom stereocenters. The number of aromatic nitrogens is 1. The fraction of sp³-hybridized carbons (Fsp3) is 0.364. The average Bonchev–Trinajstić information content (AvgIpc) is 2.56. The molecule has 1 aliphatic rings. The molecular weight excluding hydrogens is 220 g/mol. The van der Waals surface area contributed by atoms with Crippen molar-refractivity contribution >= 4 is 26.7 Å². The number of anilines is 1. The second-order valence-electron chi connectivity index (χ2n) is 4.44. The van der Waals surface area contributed by atoms with Gasteiger partial charge < -0.3 is 16.8 Å². The minimum atomic E-state index is -0.354. The molecule has 0 atom stereocenters. The van der Waals surface area contributed by atoms with Crippen LogP contribution < -0.4 is 16.8 Å². The van der Waals surface area contributed by atoms with E-state index < -0.39 is 0 Å². The highest BCUT2D eigenvalue weighted by Gasteiger charge is 2.39. The Balaban J connectivity index is 1.84. The van der Waals surface area contributed by atoms with Crippen molar-refractivity contribution in [3.05, 3.63) is 24.3 Å². The second-order valence-corrected chi connectivity index (χ2v) is 5.47. The van der Waals surface area contributed by atoms with Crippen molar-refractivity contribution in [3.63, 3.8) is 0 Å². The number of benzene rings is 1. The van der Waals surface area contributed by atoms with E-state index in [4.69, 9.17) is 11.5 Å². The van der Waals surface area contributed by atoms with Crippen LogP contribution >= 0.6 is 11.3 Å². The first-order valence-electron chi connectivity index (χ1n) is 5.33. The van der Waals surface area contributed by atoms with E-state index in [1.165, 1.54) is 4.70 Å². The molecule has 0 aliphatic heterocycles. The average molecular weight is 234 g/mol. The number of thiazole rings is 1. The Labute approximate surface area is 97.7 Å². The zero-order valence-corrected chi connectivity index (χ0v) is 9.63. The van der Waals surface area contributed by atoms with E-state index >= 15 is 0 Å². The zero-order chi connectivity index (χ0) is 11.2. The Hall–Kier alpha value is -1.17. The number of para-hydroxylation sites is 1. The van der Waals surface area contributed by atoms with Crippen molar-refractivity contribution in [1.82, 2.24) is 4.98 Å². The van der Waals surface area contributed by atoms with Gasteiger partial charge in [0, 0.05) is 6.04 Å². The number of rotatable bonds is 2. The first-order valence-corrected chi connectivity index (χ1v) is 6.14. The molecule has 0 spiro atoms. The van der Waals surface area contributed by atoms with E-state index in [0.29, 0.717) is 0 Å². The van der Waals surface area contributed by atoms with Crippen LogP contribution in [-0.2, 0) is 0 Å². The summed E-state index contributed by atoms with van der Waals surface area (Å²) < 4.78 is 1.18. The Kier molecular flexibility index (Phi) is 2.14. The fourth-order valence-electron chi connectivity index (χ4n) is 2.12. The van der Waals surface area contributed by atoms with Crippen LogP contribution in [0.3, 0.4) is 0 Å². The smallest absolute Gasteiger partial charge is 0.185 e. The zero-order valence-electron chi connectivity index (χ0n) is 8.81. The van der Waals surface area contributed by atoms with Crippen LogP contribution in [0.1, 0.15) is 12.8 Å². The van der Waals surface area contributed by atoms with E-state index in [9.17, 15) is 0 Å². The van der Waals surface area contributed by atoms with Gasteiger partial charge in [0.25, 0.3) is 0 Å². The number of nitrogens with two attached hydrogens (primary N) is 2. The highest BCUT2D eigenvalue weighted by atomic mass is 32.1. The first-order chi connectivity index (χ1) is 7.65. The third kappa shape index (κ3) is 1.67. The van der Waals surface area contributed by atoms with Gasteiger partial charge in [-0.05, 0) is 25.0 Å². The maximum atomic E-state index is 6.12. The molecule has 1 aromatic heterocycles. The largest absolute Gasteiger partial charge is 0.344 e. The summed E-state index contributed by atoms with van der Waals surface area (Å²) in [5.41, 5.74) is 12.5. The summed E-state index contributed by atoms with van der Waals surface area (Å²) >= 11 is 1.63. The van der Waals surface area contributed by atoms with Crippen LogP contribution in [0.5, 0.6) is 0 Å². The molecule has 1 aromatic carbocycles. The van der Waals surface area contributed by atoms with E-state index in [2.05, 4.69) is 16.4 Å². The van der Waals surface area contributed by atoms with Crippen molar-refractivity contribution in [3.8, 4) is 0 Å². The van der Waals surface area contributed by atoms with Gasteiger partial charge in [-0.2, -0.15) is 0 Å². The molecule has 5 N–H and O–H groups in total. The molecule has 1 saturated carbocycles. The van der Waals surface area contributed by atoms with Crippen LogP contribution in [0.25, 0.3) is 10.2 Å². The molecule has 0 radical (unpaired) electrons. The lowest BCUT2D eigenvalue weighted by Crippen LogP contribution is -2.62. The first kappa shape index (κ1) is 10.0. The Bertz CT molecular complexity index is 482. The third-order valence-electron chi connectivity index (χ3n) is 2.90. The van der Waals surface area contributed by atoms with Gasteiger partial charge in [-0.1, -0.05) is 23.5 Å². The minimum Gasteiger partial charge on any atom is -0.344 e. The Morgan fingerprint density at radius 2 is 2.12 bits per heavy atom. The molecule has 1 heterocycles. The molecule has 3 rings (SSSR count). The maximum Gasteiger partial charge on any atom is 0.185 e. The minimum absolute atomic E-state index is 0.229. The molecule has 5 heteroatoms. The molecule has 84 valence electrons. The lowest BCUT2D eigenvalue weighted by molar-refractivity contribution is 0.243. The van der Waals surface area contributed by atoms with Crippen LogP contribution in [0.2, 0.25) is 0 Å². The molecule has 0 saturated heterocycles. The monoisotopic (exact) mass is 234 g/mol. The number of fused-ring (bicyclic) bond motifs is 1. The van der Waals surface area contributed by atoms with Gasteiger partial charge >= 0.3 is 0 Å². The lowest BCUT2D eigenvalue weighted by atomic mass is 9.81. The van der Waals surface area contributed by atoms with Crippen LogP contribution in [0.15, 0.2) is 24.3 Å². The van der Waals surface area contributed by atoms with E-state index in [-0.39, 0.29) is 11.7 Å². The Morgan fingerprint density at radius 3 is 2.81 bits per heavy atom. The van der Waals surface area contributed by atoms with Gasteiger partial charge in [0.05, 0.1) is 15.9 Å². The molecule has 1 aliphatic carbocycles. The van der Waals surface area contributed by atoms with Gasteiger partial charge in [-0.15, -0.1) is 0 Å². The fourth-order valence-corrected chi connectivity index (χ4v) is 3.09. The van der Waals surface area contributed by atoms with Gasteiger partial charge in [0.1, 0.15) is 0 Å².